The minimum absolute atomic E-state index is 0.0510. The number of alkyl halides is 6. The Morgan fingerprint density at radius 3 is 2.50 bits per heavy atom. The molecule has 1 amide bonds. The molecule has 0 radical (unpaired) electrons. The summed E-state index contributed by atoms with van der Waals surface area (Å²) in [6, 6.07) is 2.50. The zero-order valence-electron chi connectivity index (χ0n) is 17.5. The van der Waals surface area contributed by atoms with Crippen molar-refractivity contribution >= 4 is 11.6 Å². The molecule has 0 atom stereocenters. The predicted molar refractivity (Wildman–Crippen MR) is 105 cm³/mol. The molecule has 1 heterocycles. The third-order valence-electron chi connectivity index (χ3n) is 5.06. The van der Waals surface area contributed by atoms with Gasteiger partial charge in [0, 0.05) is 43.3 Å². The largest absolute Gasteiger partial charge is 0.522 e. The van der Waals surface area contributed by atoms with Gasteiger partial charge in [-0.3, -0.25) is 9.53 Å². The van der Waals surface area contributed by atoms with Crippen molar-refractivity contribution in [1.82, 2.24) is 14.9 Å². The molecule has 1 aliphatic rings. The van der Waals surface area contributed by atoms with Crippen molar-refractivity contribution in [2.45, 2.75) is 44.0 Å². The first-order valence-electron chi connectivity index (χ1n) is 10.0. The highest BCUT2D eigenvalue weighted by atomic mass is 19.4. The van der Waals surface area contributed by atoms with E-state index in [1.165, 1.54) is 17.1 Å². The van der Waals surface area contributed by atoms with Gasteiger partial charge in [-0.05, 0) is 12.1 Å². The second-order valence-electron chi connectivity index (χ2n) is 7.61. The number of hydrogen-bond donors (Lipinski definition) is 1. The average Bonchev–Trinajstić information content (AvgIpc) is 3.18. The third-order valence-corrected chi connectivity index (χ3v) is 5.06. The van der Waals surface area contributed by atoms with Crippen LogP contribution in [0.1, 0.15) is 24.8 Å². The first-order valence-corrected chi connectivity index (χ1v) is 10.0. The third kappa shape index (κ3) is 7.03. The zero-order valence-corrected chi connectivity index (χ0v) is 17.5. The summed E-state index contributed by atoms with van der Waals surface area (Å²) in [5.41, 5.74) is -0.481. The van der Waals surface area contributed by atoms with Crippen molar-refractivity contribution in [2.75, 3.05) is 13.2 Å². The van der Waals surface area contributed by atoms with Gasteiger partial charge in [-0.25, -0.2) is 9.37 Å². The molecular formula is C21H20F7N3O3. The van der Waals surface area contributed by atoms with Crippen LogP contribution in [0.4, 0.5) is 30.7 Å². The van der Waals surface area contributed by atoms with E-state index >= 15 is 0 Å². The maximum absolute atomic E-state index is 13.8. The first-order chi connectivity index (χ1) is 15.8. The topological polar surface area (TPSA) is 65.4 Å². The molecule has 1 aliphatic carbocycles. The van der Waals surface area contributed by atoms with Gasteiger partial charge >= 0.3 is 12.5 Å². The van der Waals surface area contributed by atoms with E-state index in [9.17, 15) is 35.5 Å². The van der Waals surface area contributed by atoms with Crippen molar-refractivity contribution in [3.05, 3.63) is 48.7 Å². The molecule has 186 valence electrons. The van der Waals surface area contributed by atoms with E-state index in [1.807, 2.05) is 0 Å². The highest BCUT2D eigenvalue weighted by Gasteiger charge is 2.40. The molecule has 1 saturated carbocycles. The Kier molecular flexibility index (Phi) is 7.66. The maximum Gasteiger partial charge on any atom is 0.522 e. The van der Waals surface area contributed by atoms with Crippen LogP contribution in [0.2, 0.25) is 0 Å². The Balaban J connectivity index is 1.40. The predicted octanol–water partition coefficient (Wildman–Crippen LogP) is 4.77. The second-order valence-corrected chi connectivity index (χ2v) is 7.61. The molecule has 3 rings (SSSR count). The Morgan fingerprint density at radius 1 is 1.18 bits per heavy atom. The summed E-state index contributed by atoms with van der Waals surface area (Å²) in [5, 5.41) is 2.58. The molecule has 13 heteroatoms. The fourth-order valence-corrected chi connectivity index (χ4v) is 3.21. The fourth-order valence-electron chi connectivity index (χ4n) is 3.21. The fraction of sp³-hybridized carbons (Fsp3) is 0.429. The first kappa shape index (κ1) is 25.7. The van der Waals surface area contributed by atoms with Crippen LogP contribution in [0.3, 0.4) is 0 Å². The summed E-state index contributed by atoms with van der Waals surface area (Å²) in [6.45, 7) is 3.70. The molecule has 1 fully saturated rings. The minimum atomic E-state index is -4.80. The summed E-state index contributed by atoms with van der Waals surface area (Å²) >= 11 is 0. The normalized spacial score (nSPS) is 18.4. The van der Waals surface area contributed by atoms with E-state index in [1.54, 1.807) is 0 Å². The van der Waals surface area contributed by atoms with E-state index in [2.05, 4.69) is 21.6 Å². The molecule has 34 heavy (non-hydrogen) atoms. The van der Waals surface area contributed by atoms with Crippen LogP contribution in [0.25, 0.3) is 17.0 Å². The van der Waals surface area contributed by atoms with E-state index in [-0.39, 0.29) is 43.7 Å². The van der Waals surface area contributed by atoms with Crippen molar-refractivity contribution in [2.24, 2.45) is 0 Å². The summed E-state index contributed by atoms with van der Waals surface area (Å²) in [5.74, 6) is -1.87. The molecule has 0 unspecified atom stereocenters. The number of benzene rings is 1. The van der Waals surface area contributed by atoms with Gasteiger partial charge in [0.15, 0.2) is 0 Å². The lowest BCUT2D eigenvalue weighted by Gasteiger charge is -2.34. The number of ether oxygens (including phenoxy) is 2. The number of carbonyl (C=O) groups is 1. The number of halogens is 7. The van der Waals surface area contributed by atoms with Gasteiger partial charge in [0.05, 0.1) is 29.8 Å². The molecule has 0 saturated heterocycles. The molecule has 6 nitrogen and oxygen atoms in total. The van der Waals surface area contributed by atoms with Gasteiger partial charge < -0.3 is 14.6 Å². The summed E-state index contributed by atoms with van der Waals surface area (Å²) in [6.07, 6.45) is -7.73. The molecule has 0 bridgehead atoms. The summed E-state index contributed by atoms with van der Waals surface area (Å²) < 4.78 is 98.6. The quantitative estimate of drug-likeness (QED) is 0.510. The van der Waals surface area contributed by atoms with Gasteiger partial charge in [0.2, 0.25) is 5.91 Å². The maximum atomic E-state index is 13.8. The molecule has 0 aliphatic heterocycles. The lowest BCUT2D eigenvalue weighted by atomic mass is 9.92. The Morgan fingerprint density at radius 2 is 1.88 bits per heavy atom. The number of amides is 1. The molecule has 1 aromatic heterocycles. The number of nitrogens with one attached hydrogen (secondary N) is 1. The Bertz CT molecular complexity index is 1030. The van der Waals surface area contributed by atoms with E-state index in [4.69, 9.17) is 4.74 Å². The van der Waals surface area contributed by atoms with Crippen LogP contribution in [-0.2, 0) is 20.4 Å². The van der Waals surface area contributed by atoms with E-state index < -0.39 is 42.0 Å². The number of imidazole rings is 1. The van der Waals surface area contributed by atoms with Gasteiger partial charge in [0.1, 0.15) is 12.4 Å². The van der Waals surface area contributed by atoms with Crippen molar-refractivity contribution in [1.29, 1.82) is 0 Å². The van der Waals surface area contributed by atoms with Crippen LogP contribution in [0.5, 0.6) is 0 Å². The minimum Gasteiger partial charge on any atom is -0.368 e. The highest BCUT2D eigenvalue weighted by molar-refractivity contribution is 5.77. The van der Waals surface area contributed by atoms with Gasteiger partial charge in [0.25, 0.3) is 0 Å². The van der Waals surface area contributed by atoms with E-state index in [0.717, 1.165) is 12.1 Å². The average molecular weight is 495 g/mol. The molecule has 2 aromatic rings. The van der Waals surface area contributed by atoms with Crippen LogP contribution in [0.15, 0.2) is 37.3 Å². The highest BCUT2D eigenvalue weighted by Crippen LogP contribution is 2.33. The van der Waals surface area contributed by atoms with Gasteiger partial charge in [-0.1, -0.05) is 12.6 Å². The molecule has 1 aromatic carbocycles. The van der Waals surface area contributed by atoms with Gasteiger partial charge in [-0.15, -0.1) is 13.2 Å². The lowest BCUT2D eigenvalue weighted by molar-refractivity contribution is -0.357. The molecule has 0 spiro atoms. The van der Waals surface area contributed by atoms with Crippen LogP contribution >= 0.6 is 0 Å². The number of nitrogens with zero attached hydrogens (tertiary/aromatic N) is 2. The SMILES string of the molecule is C=C(CCNC(=O)CO[C@H]1C[C@@H](OC(F)(F)F)C1)n1cnc(-c2ccc(C(F)(F)F)c(F)c2)c1. The number of rotatable bonds is 9. The number of hydrogen-bond acceptors (Lipinski definition) is 4. The van der Waals surface area contributed by atoms with Gasteiger partial charge in [-0.2, -0.15) is 13.2 Å². The Hall–Kier alpha value is -2.93. The standard InChI is InChI=1S/C21H20F7N3O3/c1-12(4-5-29-19(32)10-33-14-7-15(8-14)34-21(26,27)28)31-9-18(30-11-31)13-2-3-16(17(22)6-13)20(23,24)25/h2-3,6,9,11,14-15H,1,4-5,7-8,10H2,(H,29,32)/t14-,15+. The summed E-state index contributed by atoms with van der Waals surface area (Å²) in [4.78, 5) is 15.9. The second kappa shape index (κ2) is 10.1. The van der Waals surface area contributed by atoms with Crippen molar-refractivity contribution < 1.29 is 45.0 Å². The summed E-state index contributed by atoms with van der Waals surface area (Å²) in [7, 11) is 0. The van der Waals surface area contributed by atoms with Crippen LogP contribution in [0, 0.1) is 5.82 Å². The van der Waals surface area contributed by atoms with Crippen LogP contribution in [-0.4, -0.2) is 47.2 Å². The molecular weight excluding hydrogens is 475 g/mol. The number of carbonyl (C=O) groups excluding carboxylic acids is 1. The number of aromatic nitrogens is 2. The van der Waals surface area contributed by atoms with E-state index in [0.29, 0.717) is 11.8 Å². The van der Waals surface area contributed by atoms with Crippen molar-refractivity contribution in [3.8, 4) is 11.3 Å². The zero-order chi connectivity index (χ0) is 25.1. The smallest absolute Gasteiger partial charge is 0.368 e. The van der Waals surface area contributed by atoms with Crippen LogP contribution < -0.4 is 5.32 Å². The Labute approximate surface area is 189 Å². The van der Waals surface area contributed by atoms with Crippen molar-refractivity contribution in [3.63, 3.8) is 0 Å². The lowest BCUT2D eigenvalue weighted by Crippen LogP contribution is -2.42. The monoisotopic (exact) mass is 495 g/mol. The molecule has 1 N–H and O–H groups in total.